The normalized spacial score (nSPS) is 14.4. The number of methoxy groups -OCH3 is 1. The van der Waals surface area contributed by atoms with E-state index in [1.54, 1.807) is 13.2 Å². The number of carbonyl (C=O) groups excluding carboxylic acids is 1. The second-order valence-corrected chi connectivity index (χ2v) is 6.50. The lowest BCUT2D eigenvalue weighted by Crippen LogP contribution is -2.50. The minimum atomic E-state index is -0.0696. The molecule has 0 radical (unpaired) electrons. The molecule has 0 atom stereocenters. The molecule has 1 N–H and O–H groups in total. The van der Waals surface area contributed by atoms with E-state index in [1.165, 1.54) is 0 Å². The van der Waals surface area contributed by atoms with Gasteiger partial charge in [-0.05, 0) is 55.0 Å². The monoisotopic (exact) mass is 359 g/mol. The van der Waals surface area contributed by atoms with E-state index in [2.05, 4.69) is 10.2 Å². The van der Waals surface area contributed by atoms with Gasteiger partial charge in [-0.15, -0.1) is 0 Å². The predicted molar refractivity (Wildman–Crippen MR) is 102 cm³/mol. The molecule has 0 spiro atoms. The van der Waals surface area contributed by atoms with Gasteiger partial charge >= 0.3 is 6.03 Å². The van der Waals surface area contributed by atoms with E-state index in [0.29, 0.717) is 18.1 Å². The molecule has 2 aromatic carbocycles. The molecule has 0 aliphatic carbocycles. The Labute approximate surface area is 153 Å². The third-order valence-corrected chi connectivity index (χ3v) is 4.67. The van der Waals surface area contributed by atoms with E-state index in [1.807, 2.05) is 48.2 Å². The molecule has 1 heterocycles. The lowest BCUT2D eigenvalue weighted by molar-refractivity contribution is 0.208. The van der Waals surface area contributed by atoms with Crippen LogP contribution < -0.4 is 15.0 Å². The van der Waals surface area contributed by atoms with Crippen LogP contribution in [0.3, 0.4) is 0 Å². The van der Waals surface area contributed by atoms with Gasteiger partial charge in [0, 0.05) is 42.6 Å². The lowest BCUT2D eigenvalue weighted by atomic mass is 10.2. The number of nitrogens with one attached hydrogen (secondary N) is 1. The van der Waals surface area contributed by atoms with E-state index >= 15 is 0 Å². The molecule has 2 aromatic rings. The summed E-state index contributed by atoms with van der Waals surface area (Å²) in [6.07, 6.45) is 0. The molecule has 3 rings (SSSR count). The zero-order valence-electron chi connectivity index (χ0n) is 14.5. The topological polar surface area (TPSA) is 44.8 Å². The summed E-state index contributed by atoms with van der Waals surface area (Å²) in [5, 5.41) is 3.64. The Morgan fingerprint density at radius 3 is 2.36 bits per heavy atom. The van der Waals surface area contributed by atoms with E-state index in [-0.39, 0.29) is 6.03 Å². The Bertz CT molecular complexity index is 741. The number of amides is 2. The van der Waals surface area contributed by atoms with Crippen LogP contribution >= 0.6 is 11.6 Å². The maximum absolute atomic E-state index is 12.5. The van der Waals surface area contributed by atoms with Gasteiger partial charge < -0.3 is 19.9 Å². The van der Waals surface area contributed by atoms with Gasteiger partial charge in [-0.1, -0.05) is 11.6 Å². The number of carbonyl (C=O) groups is 1. The SMILES string of the molecule is COc1ccc(N2CCN(C(=O)Nc3ccc(Cl)cc3C)CC2)cc1. The summed E-state index contributed by atoms with van der Waals surface area (Å²) in [6, 6.07) is 13.4. The molecule has 0 saturated carbocycles. The predicted octanol–water partition coefficient (Wildman–Crippen LogP) is 4.01. The first-order valence-corrected chi connectivity index (χ1v) is 8.65. The number of aryl methyl sites for hydroxylation is 1. The zero-order chi connectivity index (χ0) is 17.8. The molecule has 0 aromatic heterocycles. The molecule has 1 saturated heterocycles. The average molecular weight is 360 g/mol. The highest BCUT2D eigenvalue weighted by Crippen LogP contribution is 2.22. The number of piperazine rings is 1. The number of nitrogens with zero attached hydrogens (tertiary/aromatic N) is 2. The number of anilines is 2. The Hall–Kier alpha value is -2.40. The van der Waals surface area contributed by atoms with Gasteiger partial charge in [0.2, 0.25) is 0 Å². The number of hydrogen-bond donors (Lipinski definition) is 1. The highest BCUT2D eigenvalue weighted by molar-refractivity contribution is 6.30. The van der Waals surface area contributed by atoms with Crippen molar-refractivity contribution in [3.8, 4) is 5.75 Å². The summed E-state index contributed by atoms with van der Waals surface area (Å²) in [5.41, 5.74) is 2.90. The first-order valence-electron chi connectivity index (χ1n) is 8.28. The molecule has 25 heavy (non-hydrogen) atoms. The Kier molecular flexibility index (Phi) is 5.34. The molecule has 0 unspecified atom stereocenters. The number of ether oxygens (including phenoxy) is 1. The van der Waals surface area contributed by atoms with Gasteiger partial charge in [-0.3, -0.25) is 0 Å². The maximum atomic E-state index is 12.5. The van der Waals surface area contributed by atoms with Crippen molar-refractivity contribution in [1.29, 1.82) is 0 Å². The van der Waals surface area contributed by atoms with Crippen molar-refractivity contribution in [3.05, 3.63) is 53.1 Å². The van der Waals surface area contributed by atoms with Crippen molar-refractivity contribution in [3.63, 3.8) is 0 Å². The minimum absolute atomic E-state index is 0.0696. The maximum Gasteiger partial charge on any atom is 0.321 e. The van der Waals surface area contributed by atoms with Crippen LogP contribution in [0.4, 0.5) is 16.2 Å². The molecule has 2 amide bonds. The highest BCUT2D eigenvalue weighted by atomic mass is 35.5. The fourth-order valence-corrected chi connectivity index (χ4v) is 3.15. The summed E-state index contributed by atoms with van der Waals surface area (Å²) in [7, 11) is 1.66. The second kappa shape index (κ2) is 7.66. The molecule has 5 nitrogen and oxygen atoms in total. The summed E-state index contributed by atoms with van der Waals surface area (Å²) < 4.78 is 5.19. The summed E-state index contributed by atoms with van der Waals surface area (Å²) in [6.45, 7) is 4.91. The summed E-state index contributed by atoms with van der Waals surface area (Å²) >= 11 is 5.96. The molecule has 6 heteroatoms. The first-order chi connectivity index (χ1) is 12.1. The minimum Gasteiger partial charge on any atom is -0.497 e. The Morgan fingerprint density at radius 1 is 1.08 bits per heavy atom. The largest absolute Gasteiger partial charge is 0.497 e. The standard InChI is InChI=1S/C19H22ClN3O2/c1-14-13-15(20)3-8-18(14)21-19(24)23-11-9-22(10-12-23)16-4-6-17(25-2)7-5-16/h3-8,13H,9-12H2,1-2H3,(H,21,24). The smallest absolute Gasteiger partial charge is 0.321 e. The van der Waals surface area contributed by atoms with Crippen molar-refractivity contribution >= 4 is 29.0 Å². The van der Waals surface area contributed by atoms with Gasteiger partial charge in [-0.25, -0.2) is 4.79 Å². The fourth-order valence-electron chi connectivity index (χ4n) is 2.92. The number of benzene rings is 2. The fraction of sp³-hybridized carbons (Fsp3) is 0.316. The van der Waals surface area contributed by atoms with Crippen molar-refractivity contribution in [2.24, 2.45) is 0 Å². The van der Waals surface area contributed by atoms with Crippen LogP contribution in [0.15, 0.2) is 42.5 Å². The van der Waals surface area contributed by atoms with Crippen LogP contribution in [0.5, 0.6) is 5.75 Å². The molecule has 0 bridgehead atoms. The Morgan fingerprint density at radius 2 is 1.76 bits per heavy atom. The van der Waals surface area contributed by atoms with Crippen LogP contribution in [0.25, 0.3) is 0 Å². The third-order valence-electron chi connectivity index (χ3n) is 4.43. The number of rotatable bonds is 3. The number of hydrogen-bond acceptors (Lipinski definition) is 3. The van der Waals surface area contributed by atoms with Gasteiger partial charge in [0.1, 0.15) is 5.75 Å². The van der Waals surface area contributed by atoms with Gasteiger partial charge in [0.15, 0.2) is 0 Å². The van der Waals surface area contributed by atoms with Gasteiger partial charge in [-0.2, -0.15) is 0 Å². The molecular formula is C19H22ClN3O2. The van der Waals surface area contributed by atoms with Crippen LogP contribution in [-0.4, -0.2) is 44.2 Å². The van der Waals surface area contributed by atoms with Crippen molar-refractivity contribution in [2.75, 3.05) is 43.5 Å². The molecule has 1 fully saturated rings. The van der Waals surface area contributed by atoms with Gasteiger partial charge in [0.25, 0.3) is 0 Å². The number of halogens is 1. The molecule has 1 aliphatic heterocycles. The van der Waals surface area contributed by atoms with E-state index in [4.69, 9.17) is 16.3 Å². The highest BCUT2D eigenvalue weighted by Gasteiger charge is 2.21. The molecule has 132 valence electrons. The first kappa shape index (κ1) is 17.4. The van der Waals surface area contributed by atoms with E-state index < -0.39 is 0 Å². The summed E-state index contributed by atoms with van der Waals surface area (Å²) in [4.78, 5) is 16.6. The Balaban J connectivity index is 1.56. The van der Waals surface area contributed by atoms with Crippen molar-refractivity contribution < 1.29 is 9.53 Å². The van der Waals surface area contributed by atoms with Gasteiger partial charge in [0.05, 0.1) is 7.11 Å². The van der Waals surface area contributed by atoms with Crippen LogP contribution in [0.2, 0.25) is 5.02 Å². The van der Waals surface area contributed by atoms with Crippen LogP contribution in [0, 0.1) is 6.92 Å². The second-order valence-electron chi connectivity index (χ2n) is 6.06. The van der Waals surface area contributed by atoms with Crippen LogP contribution in [0.1, 0.15) is 5.56 Å². The van der Waals surface area contributed by atoms with E-state index in [9.17, 15) is 4.79 Å². The molecular weight excluding hydrogens is 338 g/mol. The van der Waals surface area contributed by atoms with Crippen molar-refractivity contribution in [1.82, 2.24) is 4.90 Å². The third kappa shape index (κ3) is 4.17. The zero-order valence-corrected chi connectivity index (χ0v) is 15.2. The quantitative estimate of drug-likeness (QED) is 0.900. The average Bonchev–Trinajstić information content (AvgIpc) is 2.64. The lowest BCUT2D eigenvalue weighted by Gasteiger charge is -2.36. The molecule has 1 aliphatic rings. The van der Waals surface area contributed by atoms with Crippen molar-refractivity contribution in [2.45, 2.75) is 6.92 Å². The van der Waals surface area contributed by atoms with E-state index in [0.717, 1.165) is 35.8 Å². The van der Waals surface area contributed by atoms with Crippen LogP contribution in [-0.2, 0) is 0 Å². The number of urea groups is 1. The summed E-state index contributed by atoms with van der Waals surface area (Å²) in [5.74, 6) is 0.847.